The van der Waals surface area contributed by atoms with Crippen LogP contribution in [0.15, 0.2) is 53.7 Å². The van der Waals surface area contributed by atoms with Gasteiger partial charge in [0, 0.05) is 28.9 Å². The summed E-state index contributed by atoms with van der Waals surface area (Å²) in [5.41, 5.74) is 2.94. The summed E-state index contributed by atoms with van der Waals surface area (Å²) in [6.45, 7) is 0. The van der Waals surface area contributed by atoms with Crippen LogP contribution in [0.1, 0.15) is 11.1 Å². The number of nitrogens with one attached hydrogen (secondary N) is 1. The first-order valence-electron chi connectivity index (χ1n) is 5.51. The van der Waals surface area contributed by atoms with E-state index in [-0.39, 0.29) is 0 Å². The Bertz CT molecular complexity index is 567. The van der Waals surface area contributed by atoms with Crippen LogP contribution >= 0.6 is 11.6 Å². The molecule has 2 aromatic carbocycles. The third kappa shape index (κ3) is 2.46. The third-order valence-corrected chi connectivity index (χ3v) is 2.89. The lowest BCUT2D eigenvalue weighted by Gasteiger charge is -2.11. The Hall–Kier alpha value is -2.00. The lowest BCUT2D eigenvalue weighted by Crippen LogP contribution is -2.07. The average Bonchev–Trinajstić information content (AvgIpc) is 2.41. The minimum atomic E-state index is 0.488. The van der Waals surface area contributed by atoms with Gasteiger partial charge >= 0.3 is 0 Å². The summed E-state index contributed by atoms with van der Waals surface area (Å²) < 4.78 is 0. The third-order valence-electron chi connectivity index (χ3n) is 2.65. The molecule has 0 unspecified atom stereocenters. The Kier molecular flexibility index (Phi) is 3.85. The molecule has 0 aliphatic heterocycles. The van der Waals surface area contributed by atoms with E-state index in [2.05, 4.69) is 10.5 Å². The van der Waals surface area contributed by atoms with Crippen LogP contribution in [0.4, 0.5) is 5.69 Å². The molecule has 18 heavy (non-hydrogen) atoms. The number of hydrogen-bond acceptors (Lipinski definition) is 3. The molecule has 92 valence electrons. The molecule has 0 amide bonds. The average molecular weight is 261 g/mol. The highest BCUT2D eigenvalue weighted by Gasteiger charge is 2.12. The Morgan fingerprint density at radius 2 is 1.89 bits per heavy atom. The van der Waals surface area contributed by atoms with E-state index in [0.29, 0.717) is 10.7 Å². The maximum Gasteiger partial charge on any atom is 0.119 e. The maximum absolute atomic E-state index is 9.26. The van der Waals surface area contributed by atoms with Gasteiger partial charge in [0.2, 0.25) is 0 Å². The highest BCUT2D eigenvalue weighted by molar-refractivity contribution is 6.31. The summed E-state index contributed by atoms with van der Waals surface area (Å²) in [4.78, 5) is 0. The topological polar surface area (TPSA) is 44.6 Å². The van der Waals surface area contributed by atoms with E-state index in [1.807, 2.05) is 43.4 Å². The van der Waals surface area contributed by atoms with Crippen LogP contribution in [-0.2, 0) is 0 Å². The van der Waals surface area contributed by atoms with Crippen LogP contribution in [0.25, 0.3) is 0 Å². The van der Waals surface area contributed by atoms with Gasteiger partial charge in [-0.05, 0) is 18.2 Å². The second kappa shape index (κ2) is 5.56. The van der Waals surface area contributed by atoms with Crippen LogP contribution in [0.3, 0.4) is 0 Å². The molecule has 0 aliphatic rings. The van der Waals surface area contributed by atoms with E-state index >= 15 is 0 Å². The van der Waals surface area contributed by atoms with Crippen molar-refractivity contribution in [2.75, 3.05) is 12.4 Å². The zero-order chi connectivity index (χ0) is 13.0. The summed E-state index contributed by atoms with van der Waals surface area (Å²) in [5.74, 6) is 0. The molecule has 2 rings (SSSR count). The summed E-state index contributed by atoms with van der Waals surface area (Å²) in [5, 5.41) is 16.3. The van der Waals surface area contributed by atoms with E-state index in [9.17, 15) is 5.21 Å². The second-order valence-electron chi connectivity index (χ2n) is 3.75. The van der Waals surface area contributed by atoms with Crippen molar-refractivity contribution in [2.24, 2.45) is 5.16 Å². The standard InChI is InChI=1S/C14H13ClN2O/c1-16-13-8-7-11(15)9-12(13)14(17-18)10-5-3-2-4-6-10/h2-9,16,18H,1H3/b17-14+. The molecule has 0 heterocycles. The predicted octanol–water partition coefficient (Wildman–Crippen LogP) is 3.61. The Morgan fingerprint density at radius 3 is 2.50 bits per heavy atom. The Balaban J connectivity index is 2.56. The van der Waals surface area contributed by atoms with Gasteiger partial charge in [0.05, 0.1) is 0 Å². The molecular weight excluding hydrogens is 248 g/mol. The van der Waals surface area contributed by atoms with Crippen LogP contribution in [0, 0.1) is 0 Å². The largest absolute Gasteiger partial charge is 0.410 e. The summed E-state index contributed by atoms with van der Waals surface area (Å²) in [6.07, 6.45) is 0. The van der Waals surface area contributed by atoms with Crippen molar-refractivity contribution in [3.05, 3.63) is 64.7 Å². The number of hydrogen-bond donors (Lipinski definition) is 2. The first kappa shape index (κ1) is 12.5. The SMILES string of the molecule is CNc1ccc(Cl)cc1/C(=N/O)c1ccccc1. The molecule has 2 aromatic rings. The van der Waals surface area contributed by atoms with Crippen LogP contribution in [0.2, 0.25) is 5.02 Å². The second-order valence-corrected chi connectivity index (χ2v) is 4.19. The summed E-state index contributed by atoms with van der Waals surface area (Å²) in [6, 6.07) is 14.9. The van der Waals surface area contributed by atoms with Gasteiger partial charge in [-0.25, -0.2) is 0 Å². The highest BCUT2D eigenvalue weighted by atomic mass is 35.5. The molecule has 0 aromatic heterocycles. The van der Waals surface area contributed by atoms with Gasteiger partial charge in [0.15, 0.2) is 0 Å². The van der Waals surface area contributed by atoms with Gasteiger partial charge in [-0.15, -0.1) is 0 Å². The van der Waals surface area contributed by atoms with Crippen molar-refractivity contribution in [3.63, 3.8) is 0 Å². The zero-order valence-corrected chi connectivity index (χ0v) is 10.6. The number of halogens is 1. The lowest BCUT2D eigenvalue weighted by atomic mass is 10.0. The quantitative estimate of drug-likeness (QED) is 0.503. The molecule has 0 bridgehead atoms. The smallest absolute Gasteiger partial charge is 0.119 e. The normalized spacial score (nSPS) is 11.3. The molecule has 0 atom stereocenters. The van der Waals surface area contributed by atoms with Crippen molar-refractivity contribution in [2.45, 2.75) is 0 Å². The van der Waals surface area contributed by atoms with Crippen molar-refractivity contribution in [3.8, 4) is 0 Å². The van der Waals surface area contributed by atoms with E-state index in [1.54, 1.807) is 12.1 Å². The fourth-order valence-corrected chi connectivity index (χ4v) is 1.97. The lowest BCUT2D eigenvalue weighted by molar-refractivity contribution is 0.319. The molecule has 4 heteroatoms. The first-order chi connectivity index (χ1) is 8.76. The van der Waals surface area contributed by atoms with Gasteiger partial charge in [0.1, 0.15) is 5.71 Å². The molecule has 0 saturated heterocycles. The van der Waals surface area contributed by atoms with E-state index < -0.39 is 0 Å². The number of rotatable bonds is 3. The van der Waals surface area contributed by atoms with Gasteiger partial charge in [-0.3, -0.25) is 0 Å². The highest BCUT2D eigenvalue weighted by Crippen LogP contribution is 2.23. The van der Waals surface area contributed by atoms with Gasteiger partial charge in [-0.2, -0.15) is 0 Å². The molecule has 0 spiro atoms. The van der Waals surface area contributed by atoms with Crippen molar-refractivity contribution >= 4 is 23.0 Å². The van der Waals surface area contributed by atoms with Gasteiger partial charge < -0.3 is 10.5 Å². The van der Waals surface area contributed by atoms with Crippen LogP contribution in [-0.4, -0.2) is 18.0 Å². The molecule has 0 fully saturated rings. The van der Waals surface area contributed by atoms with E-state index in [0.717, 1.165) is 16.8 Å². The van der Waals surface area contributed by atoms with E-state index in [1.165, 1.54) is 0 Å². The molecular formula is C14H13ClN2O. The number of benzene rings is 2. The molecule has 0 saturated carbocycles. The Morgan fingerprint density at radius 1 is 1.17 bits per heavy atom. The maximum atomic E-state index is 9.26. The molecule has 0 radical (unpaired) electrons. The molecule has 0 aliphatic carbocycles. The number of anilines is 1. The molecule has 2 N–H and O–H groups in total. The monoisotopic (exact) mass is 260 g/mol. The van der Waals surface area contributed by atoms with Crippen molar-refractivity contribution in [1.29, 1.82) is 0 Å². The minimum absolute atomic E-state index is 0.488. The zero-order valence-electron chi connectivity index (χ0n) is 9.89. The number of nitrogens with zero attached hydrogens (tertiary/aromatic N) is 1. The molecule has 3 nitrogen and oxygen atoms in total. The fraction of sp³-hybridized carbons (Fsp3) is 0.0714. The predicted molar refractivity (Wildman–Crippen MR) is 74.9 cm³/mol. The fourth-order valence-electron chi connectivity index (χ4n) is 1.79. The van der Waals surface area contributed by atoms with Crippen LogP contribution in [0.5, 0.6) is 0 Å². The summed E-state index contributed by atoms with van der Waals surface area (Å²) in [7, 11) is 1.81. The van der Waals surface area contributed by atoms with E-state index in [4.69, 9.17) is 11.6 Å². The van der Waals surface area contributed by atoms with Crippen molar-refractivity contribution < 1.29 is 5.21 Å². The first-order valence-corrected chi connectivity index (χ1v) is 5.89. The summed E-state index contributed by atoms with van der Waals surface area (Å²) >= 11 is 6.00. The Labute approximate surface area is 111 Å². The minimum Gasteiger partial charge on any atom is -0.410 e. The number of oxime groups is 1. The van der Waals surface area contributed by atoms with Gasteiger partial charge in [0.25, 0.3) is 0 Å². The van der Waals surface area contributed by atoms with Crippen LogP contribution < -0.4 is 5.32 Å². The van der Waals surface area contributed by atoms with Gasteiger partial charge in [-0.1, -0.05) is 47.1 Å². The van der Waals surface area contributed by atoms with Crippen molar-refractivity contribution in [1.82, 2.24) is 0 Å².